The van der Waals surface area contributed by atoms with Gasteiger partial charge in [-0.25, -0.2) is 0 Å². The molecule has 1 saturated heterocycles. The third kappa shape index (κ3) is 1.45. The van der Waals surface area contributed by atoms with Crippen molar-refractivity contribution in [3.8, 4) is 6.07 Å². The van der Waals surface area contributed by atoms with Crippen LogP contribution in [-0.2, 0) is 4.74 Å². The van der Waals surface area contributed by atoms with Crippen molar-refractivity contribution in [2.45, 2.75) is 24.7 Å². The lowest BCUT2D eigenvalue weighted by Gasteiger charge is -2.26. The van der Waals surface area contributed by atoms with Crippen LogP contribution in [0.4, 0.5) is 0 Å². The average molecular weight is 143 g/mol. The van der Waals surface area contributed by atoms with Crippen LogP contribution in [0.5, 0.6) is 0 Å². The molecule has 0 unspecified atom stereocenters. The van der Waals surface area contributed by atoms with Crippen molar-refractivity contribution in [1.82, 2.24) is 0 Å². The Kier molecular flexibility index (Phi) is 2.22. The van der Waals surface area contributed by atoms with Crippen LogP contribution >= 0.6 is 0 Å². The molecule has 0 amide bonds. The smallest absolute Gasteiger partial charge is 0.146 e. The molecule has 1 fully saturated rings. The van der Waals surface area contributed by atoms with Crippen LogP contribution in [0.25, 0.3) is 0 Å². The van der Waals surface area contributed by atoms with Gasteiger partial charge in [0.2, 0.25) is 0 Å². The molecule has 0 radical (unpaired) electrons. The number of rotatable bonds is 0. The van der Waals surface area contributed by atoms with Crippen LogP contribution in [-0.4, -0.2) is 35.1 Å². The lowest BCUT2D eigenvalue weighted by molar-refractivity contribution is -0.105. The monoisotopic (exact) mass is 143 g/mol. The summed E-state index contributed by atoms with van der Waals surface area (Å²) in [5.41, 5.74) is 0. The molecule has 0 bridgehead atoms. The first kappa shape index (κ1) is 7.48. The summed E-state index contributed by atoms with van der Waals surface area (Å²) in [5, 5.41) is 26.2. The second kappa shape index (κ2) is 2.97. The Labute approximate surface area is 58.7 Å². The Balaban J connectivity index is 2.42. The summed E-state index contributed by atoms with van der Waals surface area (Å²) in [6, 6.07) is 1.86. The largest absolute Gasteiger partial charge is 0.390 e. The van der Waals surface area contributed by atoms with Gasteiger partial charge in [0, 0.05) is 6.42 Å². The van der Waals surface area contributed by atoms with Crippen LogP contribution in [0.15, 0.2) is 0 Å². The fourth-order valence-electron chi connectivity index (χ4n) is 0.860. The van der Waals surface area contributed by atoms with E-state index >= 15 is 0 Å². The Hall–Kier alpha value is -0.630. The first-order valence-corrected chi connectivity index (χ1v) is 3.11. The number of aliphatic hydroxyl groups is 2. The summed E-state index contributed by atoms with van der Waals surface area (Å²) in [4.78, 5) is 0. The highest BCUT2D eigenvalue weighted by Crippen LogP contribution is 2.12. The highest BCUT2D eigenvalue weighted by Gasteiger charge is 2.27. The fraction of sp³-hybridized carbons (Fsp3) is 0.833. The molecule has 1 heterocycles. The van der Waals surface area contributed by atoms with Gasteiger partial charge in [0.15, 0.2) is 0 Å². The van der Waals surface area contributed by atoms with Crippen molar-refractivity contribution < 1.29 is 14.9 Å². The van der Waals surface area contributed by atoms with Gasteiger partial charge in [-0.2, -0.15) is 5.26 Å². The highest BCUT2D eigenvalue weighted by atomic mass is 16.5. The Bertz CT molecular complexity index is 154. The maximum atomic E-state index is 9.00. The van der Waals surface area contributed by atoms with Crippen LogP contribution in [0.1, 0.15) is 6.42 Å². The topological polar surface area (TPSA) is 73.5 Å². The normalized spacial score (nSPS) is 40.7. The van der Waals surface area contributed by atoms with Gasteiger partial charge in [-0.05, 0) is 0 Å². The summed E-state index contributed by atoms with van der Waals surface area (Å²) in [6.07, 6.45) is -1.99. The van der Waals surface area contributed by atoms with E-state index in [9.17, 15) is 0 Å². The van der Waals surface area contributed by atoms with Crippen LogP contribution in [0.2, 0.25) is 0 Å². The Morgan fingerprint density at radius 2 is 2.10 bits per heavy atom. The summed E-state index contributed by atoms with van der Waals surface area (Å²) in [5.74, 6) is 0. The van der Waals surface area contributed by atoms with Gasteiger partial charge in [-0.1, -0.05) is 0 Å². The molecule has 0 aliphatic carbocycles. The molecule has 0 saturated carbocycles. The molecular formula is C6H9NO3. The van der Waals surface area contributed by atoms with Crippen molar-refractivity contribution in [2.24, 2.45) is 0 Å². The predicted molar refractivity (Wildman–Crippen MR) is 32.0 cm³/mol. The summed E-state index contributed by atoms with van der Waals surface area (Å²) in [7, 11) is 0. The van der Waals surface area contributed by atoms with Gasteiger partial charge in [0.1, 0.15) is 12.2 Å². The minimum absolute atomic E-state index is 0.0550. The molecule has 3 atom stereocenters. The first-order chi connectivity index (χ1) is 4.74. The maximum absolute atomic E-state index is 9.00. The van der Waals surface area contributed by atoms with Gasteiger partial charge in [-0.3, -0.25) is 0 Å². The molecule has 4 heteroatoms. The zero-order valence-corrected chi connectivity index (χ0v) is 5.40. The van der Waals surface area contributed by atoms with Gasteiger partial charge in [-0.15, -0.1) is 0 Å². The molecular weight excluding hydrogens is 134 g/mol. The summed E-state index contributed by atoms with van der Waals surface area (Å²) >= 11 is 0. The second-order valence-electron chi connectivity index (χ2n) is 2.32. The molecule has 0 aromatic rings. The van der Waals surface area contributed by atoms with Crippen molar-refractivity contribution in [1.29, 1.82) is 5.26 Å². The summed E-state index contributed by atoms with van der Waals surface area (Å²) < 4.78 is 4.84. The molecule has 10 heavy (non-hydrogen) atoms. The number of nitrogens with zero attached hydrogens (tertiary/aromatic N) is 1. The third-order valence-electron chi connectivity index (χ3n) is 1.51. The second-order valence-corrected chi connectivity index (χ2v) is 2.32. The van der Waals surface area contributed by atoms with Gasteiger partial charge in [0.25, 0.3) is 0 Å². The van der Waals surface area contributed by atoms with Crippen molar-refractivity contribution in [3.63, 3.8) is 0 Å². The zero-order chi connectivity index (χ0) is 7.56. The molecule has 2 N–H and O–H groups in total. The average Bonchev–Trinajstić information content (AvgIpc) is 1.95. The SMILES string of the molecule is N#C[C@H]1C[C@H](O)[C@H](O)CO1. The van der Waals surface area contributed by atoms with E-state index in [1.54, 1.807) is 0 Å². The number of hydrogen-bond donors (Lipinski definition) is 2. The fourth-order valence-corrected chi connectivity index (χ4v) is 0.860. The first-order valence-electron chi connectivity index (χ1n) is 3.11. The predicted octanol–water partition coefficient (Wildman–Crippen LogP) is -0.979. The quantitative estimate of drug-likeness (QED) is 0.457. The number of nitriles is 1. The molecule has 1 aliphatic rings. The van der Waals surface area contributed by atoms with E-state index < -0.39 is 18.3 Å². The van der Waals surface area contributed by atoms with E-state index in [2.05, 4.69) is 0 Å². The molecule has 4 nitrogen and oxygen atoms in total. The van der Waals surface area contributed by atoms with E-state index in [1.165, 1.54) is 0 Å². The van der Waals surface area contributed by atoms with E-state index in [0.717, 1.165) is 0 Å². The lowest BCUT2D eigenvalue weighted by atomic mass is 10.1. The standard InChI is InChI=1S/C6H9NO3/c7-2-4-1-5(8)6(9)3-10-4/h4-6,8-9H,1,3H2/t4-,5+,6-/m1/s1. The van der Waals surface area contributed by atoms with E-state index in [0.29, 0.717) is 0 Å². The van der Waals surface area contributed by atoms with E-state index in [-0.39, 0.29) is 13.0 Å². The number of aliphatic hydroxyl groups excluding tert-OH is 2. The lowest BCUT2D eigenvalue weighted by Crippen LogP contribution is -2.40. The van der Waals surface area contributed by atoms with Gasteiger partial charge in [0.05, 0.1) is 18.8 Å². The zero-order valence-electron chi connectivity index (χ0n) is 5.40. The molecule has 1 rings (SSSR count). The maximum Gasteiger partial charge on any atom is 0.146 e. The van der Waals surface area contributed by atoms with Crippen LogP contribution in [0, 0.1) is 11.3 Å². The van der Waals surface area contributed by atoms with Crippen molar-refractivity contribution in [2.75, 3.05) is 6.61 Å². The van der Waals surface area contributed by atoms with Gasteiger partial charge >= 0.3 is 0 Å². The number of ether oxygens (including phenoxy) is 1. The molecule has 0 aromatic carbocycles. The third-order valence-corrected chi connectivity index (χ3v) is 1.51. The number of hydrogen-bond acceptors (Lipinski definition) is 4. The molecule has 56 valence electrons. The van der Waals surface area contributed by atoms with Crippen molar-refractivity contribution in [3.05, 3.63) is 0 Å². The van der Waals surface area contributed by atoms with E-state index in [1.807, 2.05) is 6.07 Å². The Morgan fingerprint density at radius 3 is 2.60 bits per heavy atom. The van der Waals surface area contributed by atoms with Gasteiger partial charge < -0.3 is 14.9 Å². The van der Waals surface area contributed by atoms with Crippen LogP contribution in [0.3, 0.4) is 0 Å². The highest BCUT2D eigenvalue weighted by molar-refractivity contribution is 4.90. The minimum atomic E-state index is -0.829. The van der Waals surface area contributed by atoms with Crippen LogP contribution < -0.4 is 0 Å². The molecule has 1 aliphatic heterocycles. The van der Waals surface area contributed by atoms with Crippen molar-refractivity contribution >= 4 is 0 Å². The molecule has 0 spiro atoms. The Morgan fingerprint density at radius 1 is 1.40 bits per heavy atom. The van der Waals surface area contributed by atoms with E-state index in [4.69, 9.17) is 20.2 Å². The molecule has 0 aromatic heterocycles. The minimum Gasteiger partial charge on any atom is -0.390 e. The summed E-state index contributed by atoms with van der Waals surface area (Å²) in [6.45, 7) is 0.0550.